The molecule has 3 rings (SSSR count). The minimum absolute atomic E-state index is 0.0954. The largest absolute Gasteiger partial charge is 0.491 e. The van der Waals surface area contributed by atoms with Gasteiger partial charge in [-0.1, -0.05) is 44.4 Å². The maximum absolute atomic E-state index is 10.7. The van der Waals surface area contributed by atoms with Crippen molar-refractivity contribution in [1.29, 1.82) is 0 Å². The minimum atomic E-state index is -0.429. The van der Waals surface area contributed by atoms with Crippen molar-refractivity contribution in [3.8, 4) is 5.75 Å². The molecule has 3 nitrogen and oxygen atoms in total. The van der Waals surface area contributed by atoms with Gasteiger partial charge in [-0.25, -0.2) is 0 Å². The molecule has 1 aromatic carbocycles. The van der Waals surface area contributed by atoms with E-state index in [2.05, 4.69) is 11.8 Å². The lowest BCUT2D eigenvalue weighted by atomic mass is 9.90. The minimum Gasteiger partial charge on any atom is -0.491 e. The fourth-order valence-corrected chi connectivity index (χ4v) is 3.78. The van der Waals surface area contributed by atoms with Crippen molar-refractivity contribution in [2.45, 2.75) is 57.2 Å². The van der Waals surface area contributed by atoms with E-state index in [0.717, 1.165) is 17.9 Å². The van der Waals surface area contributed by atoms with Crippen LogP contribution < -0.4 is 4.74 Å². The third kappa shape index (κ3) is 2.57. The normalized spacial score (nSPS) is 27.1. The molecular formula is C17H25NO2. The van der Waals surface area contributed by atoms with Gasteiger partial charge in [0.25, 0.3) is 0 Å². The lowest BCUT2D eigenvalue weighted by Gasteiger charge is -2.43. The number of benzene rings is 1. The number of ether oxygens (including phenoxy) is 1. The zero-order chi connectivity index (χ0) is 13.9. The van der Waals surface area contributed by atoms with Gasteiger partial charge < -0.3 is 9.84 Å². The Morgan fingerprint density at radius 3 is 2.70 bits per heavy atom. The van der Waals surface area contributed by atoms with Crippen LogP contribution in [0.5, 0.6) is 5.75 Å². The first-order valence-electron chi connectivity index (χ1n) is 7.96. The van der Waals surface area contributed by atoms with E-state index < -0.39 is 6.10 Å². The van der Waals surface area contributed by atoms with E-state index in [1.54, 1.807) is 0 Å². The summed E-state index contributed by atoms with van der Waals surface area (Å²) in [7, 11) is 0. The SMILES string of the molecule is CCN(C1CCCCC1)C1COc2ccccc2C1O. The summed E-state index contributed by atoms with van der Waals surface area (Å²) in [5, 5.41) is 10.7. The second-order valence-electron chi connectivity index (χ2n) is 5.98. The average molecular weight is 275 g/mol. The lowest BCUT2D eigenvalue weighted by Crippen LogP contribution is -2.51. The van der Waals surface area contributed by atoms with Crippen molar-refractivity contribution in [3.05, 3.63) is 29.8 Å². The highest BCUT2D eigenvalue weighted by atomic mass is 16.5. The van der Waals surface area contributed by atoms with Crippen LogP contribution in [0, 0.1) is 0 Å². The zero-order valence-corrected chi connectivity index (χ0v) is 12.3. The van der Waals surface area contributed by atoms with Gasteiger partial charge in [0.15, 0.2) is 0 Å². The van der Waals surface area contributed by atoms with Crippen molar-refractivity contribution in [2.24, 2.45) is 0 Å². The number of likely N-dealkylation sites (N-methyl/N-ethyl adjacent to an activating group) is 1. The Kier molecular flexibility index (Phi) is 4.27. The molecule has 20 heavy (non-hydrogen) atoms. The molecule has 1 heterocycles. The molecule has 0 bridgehead atoms. The summed E-state index contributed by atoms with van der Waals surface area (Å²) in [6, 6.07) is 8.59. The van der Waals surface area contributed by atoms with Crippen molar-refractivity contribution in [1.82, 2.24) is 4.90 Å². The molecule has 1 aliphatic heterocycles. The molecule has 2 aliphatic rings. The summed E-state index contributed by atoms with van der Waals surface area (Å²) in [4.78, 5) is 2.47. The van der Waals surface area contributed by atoms with Crippen molar-refractivity contribution in [2.75, 3.05) is 13.2 Å². The number of nitrogens with zero attached hydrogens (tertiary/aromatic N) is 1. The zero-order valence-electron chi connectivity index (χ0n) is 12.3. The van der Waals surface area contributed by atoms with Crippen molar-refractivity contribution in [3.63, 3.8) is 0 Å². The van der Waals surface area contributed by atoms with Gasteiger partial charge in [-0.2, -0.15) is 0 Å². The number of hydrogen-bond acceptors (Lipinski definition) is 3. The molecule has 0 spiro atoms. The monoisotopic (exact) mass is 275 g/mol. The standard InChI is InChI=1S/C17H25NO2/c1-2-18(13-8-4-3-5-9-13)15-12-20-16-11-7-6-10-14(16)17(15)19/h6-7,10-11,13,15,17,19H,2-5,8-9,12H2,1H3. The summed E-state index contributed by atoms with van der Waals surface area (Å²) in [6.07, 6.45) is 6.10. The molecule has 1 N–H and O–H groups in total. The average Bonchev–Trinajstić information content (AvgIpc) is 2.51. The summed E-state index contributed by atoms with van der Waals surface area (Å²) >= 11 is 0. The van der Waals surface area contributed by atoms with Crippen LogP contribution >= 0.6 is 0 Å². The van der Waals surface area contributed by atoms with Crippen LogP contribution in [0.25, 0.3) is 0 Å². The van der Waals surface area contributed by atoms with Gasteiger partial charge in [-0.15, -0.1) is 0 Å². The van der Waals surface area contributed by atoms with Gasteiger partial charge in [0.05, 0.1) is 6.04 Å². The van der Waals surface area contributed by atoms with Crippen molar-refractivity contribution >= 4 is 0 Å². The Hall–Kier alpha value is -1.06. The maximum atomic E-state index is 10.7. The number of aliphatic hydroxyl groups excluding tert-OH is 1. The Bertz CT molecular complexity index is 442. The fraction of sp³-hybridized carbons (Fsp3) is 0.647. The Labute approximate surface area is 121 Å². The Morgan fingerprint density at radius 1 is 1.20 bits per heavy atom. The molecule has 3 heteroatoms. The molecule has 0 saturated heterocycles. The summed E-state index contributed by atoms with van der Waals surface area (Å²) < 4.78 is 5.88. The summed E-state index contributed by atoms with van der Waals surface area (Å²) in [5.41, 5.74) is 0.943. The van der Waals surface area contributed by atoms with E-state index in [1.807, 2.05) is 24.3 Å². The van der Waals surface area contributed by atoms with Crippen LogP contribution in [0.2, 0.25) is 0 Å². The molecule has 1 aromatic rings. The second kappa shape index (κ2) is 6.15. The molecule has 1 aliphatic carbocycles. The van der Waals surface area contributed by atoms with Crippen LogP contribution in [0.1, 0.15) is 50.7 Å². The molecule has 2 atom stereocenters. The van der Waals surface area contributed by atoms with Crippen LogP contribution in [0.4, 0.5) is 0 Å². The highest BCUT2D eigenvalue weighted by Crippen LogP contribution is 2.36. The summed E-state index contributed by atoms with van der Waals surface area (Å²) in [5.74, 6) is 0.843. The van der Waals surface area contributed by atoms with Crippen molar-refractivity contribution < 1.29 is 9.84 Å². The van der Waals surface area contributed by atoms with E-state index >= 15 is 0 Å². The summed E-state index contributed by atoms with van der Waals surface area (Å²) in [6.45, 7) is 3.78. The van der Waals surface area contributed by atoms with Gasteiger partial charge in [0.1, 0.15) is 18.5 Å². The maximum Gasteiger partial charge on any atom is 0.125 e. The highest BCUT2D eigenvalue weighted by molar-refractivity contribution is 5.37. The van der Waals surface area contributed by atoms with Gasteiger partial charge in [-0.05, 0) is 25.5 Å². The van der Waals surface area contributed by atoms with Crippen LogP contribution in [0.3, 0.4) is 0 Å². The van der Waals surface area contributed by atoms with Gasteiger partial charge in [-0.3, -0.25) is 4.90 Å². The van der Waals surface area contributed by atoms with Gasteiger partial charge in [0.2, 0.25) is 0 Å². The van der Waals surface area contributed by atoms with E-state index in [1.165, 1.54) is 32.1 Å². The predicted octanol–water partition coefficient (Wildman–Crippen LogP) is 3.14. The lowest BCUT2D eigenvalue weighted by molar-refractivity contribution is -0.0213. The first-order chi connectivity index (χ1) is 9.81. The van der Waals surface area contributed by atoms with Crippen LogP contribution in [-0.4, -0.2) is 35.2 Å². The van der Waals surface area contributed by atoms with E-state index in [0.29, 0.717) is 12.6 Å². The predicted molar refractivity (Wildman–Crippen MR) is 79.9 cm³/mol. The molecule has 0 aromatic heterocycles. The van der Waals surface area contributed by atoms with E-state index in [-0.39, 0.29) is 6.04 Å². The van der Waals surface area contributed by atoms with Gasteiger partial charge >= 0.3 is 0 Å². The number of hydrogen-bond donors (Lipinski definition) is 1. The molecular weight excluding hydrogens is 250 g/mol. The van der Waals surface area contributed by atoms with Crippen LogP contribution in [-0.2, 0) is 0 Å². The molecule has 1 fully saturated rings. The number of para-hydroxylation sites is 1. The second-order valence-corrected chi connectivity index (χ2v) is 5.98. The van der Waals surface area contributed by atoms with E-state index in [9.17, 15) is 5.11 Å². The highest BCUT2D eigenvalue weighted by Gasteiger charge is 2.36. The molecule has 2 unspecified atom stereocenters. The first-order valence-corrected chi connectivity index (χ1v) is 7.96. The number of fused-ring (bicyclic) bond motifs is 1. The quantitative estimate of drug-likeness (QED) is 0.920. The molecule has 0 amide bonds. The fourth-order valence-electron chi connectivity index (χ4n) is 3.78. The number of aliphatic hydroxyl groups is 1. The first kappa shape index (κ1) is 13.9. The topological polar surface area (TPSA) is 32.7 Å². The third-order valence-corrected chi connectivity index (χ3v) is 4.85. The van der Waals surface area contributed by atoms with Crippen LogP contribution in [0.15, 0.2) is 24.3 Å². The molecule has 1 saturated carbocycles. The Morgan fingerprint density at radius 2 is 1.95 bits per heavy atom. The van der Waals surface area contributed by atoms with E-state index in [4.69, 9.17) is 4.74 Å². The number of rotatable bonds is 3. The third-order valence-electron chi connectivity index (χ3n) is 4.85. The Balaban J connectivity index is 1.79. The molecule has 110 valence electrons. The smallest absolute Gasteiger partial charge is 0.125 e. The molecule has 0 radical (unpaired) electrons. The van der Waals surface area contributed by atoms with Gasteiger partial charge in [0, 0.05) is 11.6 Å².